The highest BCUT2D eigenvalue weighted by molar-refractivity contribution is 4.99. The van der Waals surface area contributed by atoms with Crippen molar-refractivity contribution < 1.29 is 14.2 Å². The molecule has 6 rings (SSSR count). The first-order chi connectivity index (χ1) is 16.8. The molecule has 0 N–H and O–H groups in total. The van der Waals surface area contributed by atoms with Gasteiger partial charge in [0.05, 0.1) is 17.3 Å². The zero-order chi connectivity index (χ0) is 24.9. The molecule has 198 valence electrons. The van der Waals surface area contributed by atoms with Crippen LogP contribution in [0.1, 0.15) is 111 Å². The van der Waals surface area contributed by atoms with Crippen LogP contribution in [0.5, 0.6) is 0 Å². The summed E-state index contributed by atoms with van der Waals surface area (Å²) >= 11 is 0. The first kappa shape index (κ1) is 26.7. The summed E-state index contributed by atoms with van der Waals surface area (Å²) in [5, 5.41) is 0. The van der Waals surface area contributed by atoms with Crippen LogP contribution >= 0.6 is 0 Å². The Morgan fingerprint density at radius 3 is 1.69 bits per heavy atom. The Morgan fingerprint density at radius 2 is 1.06 bits per heavy atom. The molecule has 3 heteroatoms. The molecule has 9 atom stereocenters. The van der Waals surface area contributed by atoms with Gasteiger partial charge < -0.3 is 14.2 Å². The van der Waals surface area contributed by atoms with E-state index < -0.39 is 0 Å². The number of hydrogen-bond acceptors (Lipinski definition) is 3. The molecule has 3 heterocycles. The van der Waals surface area contributed by atoms with Gasteiger partial charge in [0.15, 0.2) is 0 Å². The maximum absolute atomic E-state index is 5.81. The highest BCUT2D eigenvalue weighted by Gasteiger charge is 2.36. The third kappa shape index (κ3) is 6.89. The van der Waals surface area contributed by atoms with E-state index in [1.54, 1.807) is 0 Å². The molecule has 9 unspecified atom stereocenters. The van der Waals surface area contributed by atoms with Crippen LogP contribution < -0.4 is 0 Å². The maximum atomic E-state index is 5.81. The molecule has 3 aliphatic carbocycles. The predicted octanol–water partition coefficient (Wildman–Crippen LogP) is 8.96. The Kier molecular flexibility index (Phi) is 9.33. The lowest BCUT2D eigenvalue weighted by Crippen LogP contribution is -2.36. The van der Waals surface area contributed by atoms with Crippen LogP contribution in [-0.4, -0.2) is 18.3 Å². The lowest BCUT2D eigenvalue weighted by Gasteiger charge is -2.40. The third-order valence-corrected chi connectivity index (χ3v) is 9.80. The summed E-state index contributed by atoms with van der Waals surface area (Å²) in [4.78, 5) is 0. The molecule has 0 aromatic rings. The number of hydrogen-bond donors (Lipinski definition) is 0. The Balaban J connectivity index is 0.000000124. The molecular weight excluding hydrogens is 432 g/mol. The number of ether oxygens (including phenoxy) is 3. The van der Waals surface area contributed by atoms with Crippen molar-refractivity contribution in [3.8, 4) is 0 Å². The van der Waals surface area contributed by atoms with E-state index in [1.165, 1.54) is 83.5 Å². The van der Waals surface area contributed by atoms with Gasteiger partial charge in [0.1, 0.15) is 18.3 Å². The second kappa shape index (κ2) is 12.2. The molecule has 0 amide bonds. The Morgan fingerprint density at radius 1 is 0.571 bits per heavy atom. The summed E-state index contributed by atoms with van der Waals surface area (Å²) in [5.41, 5.74) is 0. The molecule has 35 heavy (non-hydrogen) atoms. The molecule has 0 radical (unpaired) electrons. The summed E-state index contributed by atoms with van der Waals surface area (Å²) in [6.45, 7) is 18.6. The largest absolute Gasteiger partial charge is 0.495 e. The maximum Gasteiger partial charge on any atom is 0.101 e. The highest BCUT2D eigenvalue weighted by Crippen LogP contribution is 2.42. The molecule has 6 fully saturated rings. The van der Waals surface area contributed by atoms with Crippen molar-refractivity contribution in [3.05, 3.63) is 37.0 Å². The van der Waals surface area contributed by atoms with E-state index in [4.69, 9.17) is 14.2 Å². The van der Waals surface area contributed by atoms with E-state index in [1.807, 2.05) is 0 Å². The molecular formula is C32H52O3. The van der Waals surface area contributed by atoms with Crippen LogP contribution in [0.4, 0.5) is 0 Å². The van der Waals surface area contributed by atoms with Gasteiger partial charge in [-0.3, -0.25) is 0 Å². The van der Waals surface area contributed by atoms with Crippen molar-refractivity contribution in [2.45, 2.75) is 129 Å². The standard InChI is InChI=1S/2C11H18O.C10H16O/c1-8-7-10-5-3-4-6-11(10)12-9(8)2;1-8-7-9(2)12-11-6-4-3-5-10(8)11;1-7-6-9-4-3-5-10(9)11-8(7)2/h2*8,10-11H,2-7H2,1H3;7,9-10H,2-6H2,1H3. The van der Waals surface area contributed by atoms with Gasteiger partial charge in [-0.1, -0.05) is 53.3 Å². The van der Waals surface area contributed by atoms with E-state index in [9.17, 15) is 0 Å². The molecule has 3 aliphatic heterocycles. The third-order valence-electron chi connectivity index (χ3n) is 9.80. The normalized spacial score (nSPS) is 42.3. The summed E-state index contributed by atoms with van der Waals surface area (Å²) in [7, 11) is 0. The monoisotopic (exact) mass is 484 g/mol. The number of fused-ring (bicyclic) bond motifs is 3. The first-order valence-corrected chi connectivity index (χ1v) is 14.9. The van der Waals surface area contributed by atoms with E-state index in [2.05, 4.69) is 40.5 Å². The quantitative estimate of drug-likeness (QED) is 0.343. The van der Waals surface area contributed by atoms with Crippen molar-refractivity contribution in [2.24, 2.45) is 35.5 Å². The van der Waals surface area contributed by atoms with Crippen LogP contribution in [0.15, 0.2) is 37.0 Å². The molecule has 3 nitrogen and oxygen atoms in total. The van der Waals surface area contributed by atoms with E-state index in [0.29, 0.717) is 30.1 Å². The average molecular weight is 485 g/mol. The van der Waals surface area contributed by atoms with Gasteiger partial charge in [-0.2, -0.15) is 0 Å². The van der Waals surface area contributed by atoms with Crippen LogP contribution in [0, 0.1) is 35.5 Å². The smallest absolute Gasteiger partial charge is 0.101 e. The summed E-state index contributed by atoms with van der Waals surface area (Å²) in [6.07, 6.45) is 20.0. The first-order valence-electron chi connectivity index (χ1n) is 14.9. The fraction of sp³-hybridized carbons (Fsp3) is 0.812. The molecule has 3 saturated carbocycles. The van der Waals surface area contributed by atoms with Gasteiger partial charge >= 0.3 is 0 Å². The van der Waals surface area contributed by atoms with Crippen molar-refractivity contribution in [3.63, 3.8) is 0 Å². The van der Waals surface area contributed by atoms with Gasteiger partial charge in [-0.15, -0.1) is 0 Å². The molecule has 0 aromatic carbocycles. The second-order valence-corrected chi connectivity index (χ2v) is 12.6. The van der Waals surface area contributed by atoms with Crippen molar-refractivity contribution in [2.75, 3.05) is 0 Å². The minimum absolute atomic E-state index is 0.509. The van der Waals surface area contributed by atoms with Crippen molar-refractivity contribution >= 4 is 0 Å². The fourth-order valence-corrected chi connectivity index (χ4v) is 7.51. The Bertz CT molecular complexity index is 741. The van der Waals surface area contributed by atoms with Crippen LogP contribution in [-0.2, 0) is 14.2 Å². The van der Waals surface area contributed by atoms with E-state index in [0.717, 1.165) is 47.4 Å². The lowest BCUT2D eigenvalue weighted by atomic mass is 9.75. The Labute approximate surface area is 215 Å². The molecule has 0 bridgehead atoms. The molecule has 3 saturated heterocycles. The lowest BCUT2D eigenvalue weighted by molar-refractivity contribution is -0.0287. The minimum Gasteiger partial charge on any atom is -0.495 e. The van der Waals surface area contributed by atoms with E-state index in [-0.39, 0.29) is 0 Å². The SMILES string of the molecule is C=C1CC(C)C2CCCCC2O1.C=C1OC2CCCC2CC1C.C=C1OC2CCCCC2CC1C. The van der Waals surface area contributed by atoms with Gasteiger partial charge in [-0.05, 0) is 94.3 Å². The molecule has 0 spiro atoms. The van der Waals surface area contributed by atoms with E-state index >= 15 is 0 Å². The topological polar surface area (TPSA) is 27.7 Å². The minimum atomic E-state index is 0.509. The van der Waals surface area contributed by atoms with Crippen LogP contribution in [0.3, 0.4) is 0 Å². The Hall–Kier alpha value is -1.38. The zero-order valence-corrected chi connectivity index (χ0v) is 22.9. The second-order valence-electron chi connectivity index (χ2n) is 12.6. The summed E-state index contributed by atoms with van der Waals surface area (Å²) in [5.74, 6) is 7.55. The predicted molar refractivity (Wildman–Crippen MR) is 145 cm³/mol. The van der Waals surface area contributed by atoms with Gasteiger partial charge in [-0.25, -0.2) is 0 Å². The summed E-state index contributed by atoms with van der Waals surface area (Å²) in [6, 6.07) is 0. The average Bonchev–Trinajstić information content (AvgIpc) is 3.28. The van der Waals surface area contributed by atoms with Crippen molar-refractivity contribution in [1.82, 2.24) is 0 Å². The summed E-state index contributed by atoms with van der Waals surface area (Å²) < 4.78 is 17.3. The van der Waals surface area contributed by atoms with Crippen molar-refractivity contribution in [1.29, 1.82) is 0 Å². The fourth-order valence-electron chi connectivity index (χ4n) is 7.51. The van der Waals surface area contributed by atoms with Gasteiger partial charge in [0.2, 0.25) is 0 Å². The van der Waals surface area contributed by atoms with Crippen LogP contribution in [0.2, 0.25) is 0 Å². The highest BCUT2D eigenvalue weighted by atomic mass is 16.5. The number of rotatable bonds is 0. The number of allylic oxidation sites excluding steroid dienone is 3. The van der Waals surface area contributed by atoms with Gasteiger partial charge in [0, 0.05) is 18.3 Å². The van der Waals surface area contributed by atoms with Crippen LogP contribution in [0.25, 0.3) is 0 Å². The molecule has 6 aliphatic rings. The molecule has 0 aromatic heterocycles. The van der Waals surface area contributed by atoms with Gasteiger partial charge in [0.25, 0.3) is 0 Å². The zero-order valence-electron chi connectivity index (χ0n) is 22.9.